The zero-order valence-corrected chi connectivity index (χ0v) is 20.0. The molecule has 3 aromatic rings. The van der Waals surface area contributed by atoms with E-state index in [1.165, 1.54) is 4.31 Å². The van der Waals surface area contributed by atoms with Crippen LogP contribution in [0.15, 0.2) is 59.6 Å². The maximum Gasteiger partial charge on any atom is 0.243 e. The highest BCUT2D eigenvalue weighted by Crippen LogP contribution is 2.25. The second kappa shape index (κ2) is 10.1. The van der Waals surface area contributed by atoms with Crippen LogP contribution in [-0.4, -0.2) is 49.8 Å². The van der Waals surface area contributed by atoms with Crippen molar-refractivity contribution in [3.05, 3.63) is 65.3 Å². The number of aromatic nitrogens is 1. The van der Waals surface area contributed by atoms with Gasteiger partial charge in [-0.15, -0.1) is 0 Å². The number of benzene rings is 2. The predicted molar refractivity (Wildman–Crippen MR) is 131 cm³/mol. The van der Waals surface area contributed by atoms with E-state index in [1.54, 1.807) is 30.5 Å². The number of anilines is 1. The molecule has 1 aliphatic heterocycles. The number of hydrogen-bond acceptors (Lipinski definition) is 5. The highest BCUT2D eigenvalue weighted by molar-refractivity contribution is 7.89. The van der Waals surface area contributed by atoms with Crippen LogP contribution in [0.5, 0.6) is 0 Å². The van der Waals surface area contributed by atoms with Crippen molar-refractivity contribution in [1.82, 2.24) is 14.6 Å². The summed E-state index contributed by atoms with van der Waals surface area (Å²) in [4.78, 5) is 17.3. The predicted octanol–water partition coefficient (Wildman–Crippen LogP) is 3.83. The fourth-order valence-electron chi connectivity index (χ4n) is 4.04. The number of piperidine rings is 1. The van der Waals surface area contributed by atoms with E-state index in [4.69, 9.17) is 11.6 Å². The summed E-state index contributed by atoms with van der Waals surface area (Å²) >= 11 is 6.04. The normalized spacial score (nSPS) is 17.1. The van der Waals surface area contributed by atoms with E-state index in [-0.39, 0.29) is 23.3 Å². The van der Waals surface area contributed by atoms with Crippen LogP contribution in [0.3, 0.4) is 0 Å². The number of sulfonamides is 1. The Hall–Kier alpha value is -2.68. The molecule has 1 fully saturated rings. The molecule has 0 radical (unpaired) electrons. The van der Waals surface area contributed by atoms with E-state index >= 15 is 0 Å². The monoisotopic (exact) mass is 486 g/mol. The minimum atomic E-state index is -3.60. The van der Waals surface area contributed by atoms with Gasteiger partial charge in [-0.05, 0) is 56.2 Å². The van der Waals surface area contributed by atoms with E-state index in [0.717, 1.165) is 22.2 Å². The van der Waals surface area contributed by atoms with Crippen LogP contribution < -0.4 is 10.6 Å². The van der Waals surface area contributed by atoms with E-state index < -0.39 is 10.0 Å². The van der Waals surface area contributed by atoms with Crippen molar-refractivity contribution in [1.29, 1.82) is 0 Å². The van der Waals surface area contributed by atoms with Gasteiger partial charge >= 0.3 is 0 Å². The molecule has 2 aromatic carbocycles. The number of hydrogen-bond donors (Lipinski definition) is 2. The van der Waals surface area contributed by atoms with Gasteiger partial charge in [-0.2, -0.15) is 4.31 Å². The number of amides is 1. The topological polar surface area (TPSA) is 91.4 Å². The maximum atomic E-state index is 13.0. The number of pyridine rings is 1. The van der Waals surface area contributed by atoms with Crippen molar-refractivity contribution in [3.8, 4) is 0 Å². The van der Waals surface area contributed by atoms with E-state index in [0.29, 0.717) is 37.5 Å². The zero-order valence-electron chi connectivity index (χ0n) is 18.4. The highest BCUT2D eigenvalue weighted by atomic mass is 35.5. The molecule has 4 rings (SSSR count). The lowest BCUT2D eigenvalue weighted by Gasteiger charge is -2.31. The molecule has 1 saturated heterocycles. The summed E-state index contributed by atoms with van der Waals surface area (Å²) in [6, 6.07) is 14.2. The molecule has 1 amide bonds. The summed E-state index contributed by atoms with van der Waals surface area (Å²) in [5, 5.41) is 7.85. The lowest BCUT2D eigenvalue weighted by Crippen LogP contribution is -2.46. The van der Waals surface area contributed by atoms with Gasteiger partial charge in [0.05, 0.1) is 16.3 Å². The Morgan fingerprint density at radius 1 is 1.15 bits per heavy atom. The Morgan fingerprint density at radius 3 is 2.73 bits per heavy atom. The molecule has 0 aliphatic carbocycles. The molecular weight excluding hydrogens is 460 g/mol. The molecule has 7 nitrogen and oxygen atoms in total. The number of carbonyl (C=O) groups excluding carboxylic acids is 1. The fraction of sp³-hybridized carbons (Fsp3) is 0.333. The first-order valence-electron chi connectivity index (χ1n) is 11.0. The molecule has 0 bridgehead atoms. The molecule has 33 heavy (non-hydrogen) atoms. The minimum absolute atomic E-state index is 0.119. The third-order valence-corrected chi connectivity index (χ3v) is 7.97. The molecular formula is C24H27ClN4O3S. The lowest BCUT2D eigenvalue weighted by molar-refractivity contribution is -0.125. The molecule has 0 saturated carbocycles. The molecule has 1 aliphatic rings. The largest absolute Gasteiger partial charge is 0.383 e. The van der Waals surface area contributed by atoms with Gasteiger partial charge in [-0.1, -0.05) is 29.3 Å². The third-order valence-electron chi connectivity index (χ3n) is 5.86. The maximum absolute atomic E-state index is 13.0. The number of carbonyl (C=O) groups is 1. The van der Waals surface area contributed by atoms with Crippen LogP contribution in [0.1, 0.15) is 18.4 Å². The number of nitrogens with zero attached hydrogens (tertiary/aromatic N) is 2. The van der Waals surface area contributed by atoms with E-state index in [9.17, 15) is 13.2 Å². The van der Waals surface area contributed by atoms with Crippen LogP contribution in [0.4, 0.5) is 5.69 Å². The van der Waals surface area contributed by atoms with E-state index in [2.05, 4.69) is 15.6 Å². The second-order valence-electron chi connectivity index (χ2n) is 8.25. The van der Waals surface area contributed by atoms with E-state index in [1.807, 2.05) is 31.2 Å². The Kier molecular flexibility index (Phi) is 7.17. The molecule has 174 valence electrons. The average molecular weight is 487 g/mol. The second-order valence-corrected chi connectivity index (χ2v) is 10.6. The quantitative estimate of drug-likeness (QED) is 0.495. The molecule has 9 heteroatoms. The summed E-state index contributed by atoms with van der Waals surface area (Å²) in [5.41, 5.74) is 2.72. The third kappa shape index (κ3) is 5.46. The standard InChI is InChI=1S/C24H27ClN4O3S/c1-17-4-7-20(8-5-17)33(31,32)29-14-2-3-18(16-29)24(30)28-13-12-27-22-10-11-26-23-15-19(25)6-9-21(22)23/h4-11,15,18H,2-3,12-14,16H2,1H3,(H,26,27)(H,28,30)/t18-/m0/s1. The van der Waals surface area contributed by atoms with Gasteiger partial charge < -0.3 is 10.6 Å². The van der Waals surface area contributed by atoms with Crippen LogP contribution in [0.2, 0.25) is 5.02 Å². The Morgan fingerprint density at radius 2 is 1.94 bits per heavy atom. The molecule has 0 spiro atoms. The fourth-order valence-corrected chi connectivity index (χ4v) is 5.73. The van der Waals surface area contributed by atoms with Crippen molar-refractivity contribution in [2.24, 2.45) is 5.92 Å². The van der Waals surface area contributed by atoms with Gasteiger partial charge in [0.25, 0.3) is 0 Å². The minimum Gasteiger partial charge on any atom is -0.383 e. The SMILES string of the molecule is Cc1ccc(S(=O)(=O)N2CCC[C@H](C(=O)NCCNc3ccnc4cc(Cl)ccc34)C2)cc1. The summed E-state index contributed by atoms with van der Waals surface area (Å²) in [6.07, 6.45) is 3.05. The summed E-state index contributed by atoms with van der Waals surface area (Å²) in [7, 11) is -3.60. The van der Waals surface area contributed by atoms with Crippen LogP contribution in [0.25, 0.3) is 10.9 Å². The van der Waals surface area contributed by atoms with Crippen molar-refractivity contribution in [2.45, 2.75) is 24.7 Å². The van der Waals surface area contributed by atoms with Gasteiger partial charge in [-0.25, -0.2) is 8.42 Å². The summed E-state index contributed by atoms with van der Waals surface area (Å²) in [5.74, 6) is -0.477. The highest BCUT2D eigenvalue weighted by Gasteiger charge is 2.33. The number of aryl methyl sites for hydroxylation is 1. The van der Waals surface area contributed by atoms with Gasteiger partial charge in [0.15, 0.2) is 0 Å². The smallest absolute Gasteiger partial charge is 0.243 e. The van der Waals surface area contributed by atoms with Crippen molar-refractivity contribution in [2.75, 3.05) is 31.5 Å². The Labute approximate surface area is 199 Å². The lowest BCUT2D eigenvalue weighted by atomic mass is 9.99. The van der Waals surface area contributed by atoms with Gasteiger partial charge in [0, 0.05) is 48.5 Å². The number of nitrogens with one attached hydrogen (secondary N) is 2. The molecule has 1 aromatic heterocycles. The van der Waals surface area contributed by atoms with Crippen molar-refractivity contribution >= 4 is 44.1 Å². The molecule has 2 heterocycles. The Balaban J connectivity index is 1.31. The van der Waals surface area contributed by atoms with Crippen molar-refractivity contribution < 1.29 is 13.2 Å². The Bertz CT molecular complexity index is 1250. The average Bonchev–Trinajstić information content (AvgIpc) is 2.82. The van der Waals surface area contributed by atoms with Crippen LogP contribution >= 0.6 is 11.6 Å². The summed E-state index contributed by atoms with van der Waals surface area (Å²) in [6.45, 7) is 3.51. The zero-order chi connectivity index (χ0) is 23.4. The number of halogens is 1. The first-order valence-corrected chi connectivity index (χ1v) is 12.8. The molecule has 1 atom stereocenters. The summed E-state index contributed by atoms with van der Waals surface area (Å²) < 4.78 is 27.4. The van der Waals surface area contributed by atoms with Gasteiger partial charge in [0.1, 0.15) is 0 Å². The van der Waals surface area contributed by atoms with Crippen molar-refractivity contribution in [3.63, 3.8) is 0 Å². The first-order chi connectivity index (χ1) is 15.8. The van der Waals surface area contributed by atoms with Gasteiger partial charge in [0.2, 0.25) is 15.9 Å². The van der Waals surface area contributed by atoms with Gasteiger partial charge in [-0.3, -0.25) is 9.78 Å². The molecule has 2 N–H and O–H groups in total. The van der Waals surface area contributed by atoms with Crippen LogP contribution in [-0.2, 0) is 14.8 Å². The van der Waals surface area contributed by atoms with Crippen LogP contribution in [0, 0.1) is 12.8 Å². The first kappa shape index (κ1) is 23.5. The molecule has 0 unspecified atom stereocenters. The number of fused-ring (bicyclic) bond motifs is 1. The number of rotatable bonds is 7.